The van der Waals surface area contributed by atoms with Gasteiger partial charge in [0.05, 0.1) is 17.7 Å². The highest BCUT2D eigenvalue weighted by Gasteiger charge is 2.30. The summed E-state index contributed by atoms with van der Waals surface area (Å²) in [5, 5.41) is 11.5. The fourth-order valence-electron chi connectivity index (χ4n) is 2.79. The first-order valence-corrected chi connectivity index (χ1v) is 13.3. The van der Waals surface area contributed by atoms with Crippen molar-refractivity contribution in [2.75, 3.05) is 23.3 Å². The number of anilines is 2. The molecule has 0 radical (unpaired) electrons. The second-order valence-electron chi connectivity index (χ2n) is 7.23. The molecule has 0 saturated carbocycles. The van der Waals surface area contributed by atoms with Crippen LogP contribution in [0.3, 0.4) is 0 Å². The molecule has 1 heterocycles. The molecular formula is C21H23ClN4O4S3. The summed E-state index contributed by atoms with van der Waals surface area (Å²) in [6.07, 6.45) is 0. The fourth-order valence-corrected chi connectivity index (χ4v) is 6.38. The predicted octanol–water partition coefficient (Wildman–Crippen LogP) is 4.84. The van der Waals surface area contributed by atoms with Crippen LogP contribution in [-0.4, -0.2) is 43.4 Å². The van der Waals surface area contributed by atoms with Crippen molar-refractivity contribution in [2.24, 2.45) is 0 Å². The van der Waals surface area contributed by atoms with E-state index in [1.807, 2.05) is 20.8 Å². The van der Waals surface area contributed by atoms with Gasteiger partial charge < -0.3 is 4.74 Å². The molecular weight excluding hydrogens is 504 g/mol. The van der Waals surface area contributed by atoms with Gasteiger partial charge in [0, 0.05) is 10.3 Å². The van der Waals surface area contributed by atoms with Crippen LogP contribution in [0.25, 0.3) is 0 Å². The van der Waals surface area contributed by atoms with Crippen LogP contribution in [0, 0.1) is 6.92 Å². The monoisotopic (exact) mass is 526 g/mol. The first-order chi connectivity index (χ1) is 15.6. The number of carbonyl (C=O) groups excluding carboxylic acids is 1. The Labute approximate surface area is 206 Å². The molecule has 0 bridgehead atoms. The molecule has 0 fully saturated rings. The smallest absolute Gasteiger partial charge is 0.264 e. The number of aromatic nitrogens is 2. The molecule has 12 heteroatoms. The van der Waals surface area contributed by atoms with Gasteiger partial charge in [-0.05, 0) is 37.3 Å². The van der Waals surface area contributed by atoms with Crippen LogP contribution < -0.4 is 14.4 Å². The third-order valence-corrected chi connectivity index (χ3v) is 8.23. The maximum absolute atomic E-state index is 13.6. The van der Waals surface area contributed by atoms with Gasteiger partial charge in [0.25, 0.3) is 10.0 Å². The number of methoxy groups -OCH3 is 1. The highest BCUT2D eigenvalue weighted by Crippen LogP contribution is 2.35. The topological polar surface area (TPSA) is 101 Å². The zero-order valence-corrected chi connectivity index (χ0v) is 21.6. The van der Waals surface area contributed by atoms with E-state index >= 15 is 0 Å². The summed E-state index contributed by atoms with van der Waals surface area (Å²) in [4.78, 5) is 12.9. The normalized spacial score (nSPS) is 11.5. The Morgan fingerprint density at radius 2 is 1.91 bits per heavy atom. The molecule has 2 aromatic carbocycles. The number of nitrogens with one attached hydrogen (secondary N) is 1. The van der Waals surface area contributed by atoms with Crippen LogP contribution >= 0.6 is 34.7 Å². The van der Waals surface area contributed by atoms with Crippen molar-refractivity contribution >= 4 is 61.4 Å². The van der Waals surface area contributed by atoms with Crippen molar-refractivity contribution in [1.82, 2.24) is 10.2 Å². The zero-order chi connectivity index (χ0) is 24.2. The lowest BCUT2D eigenvalue weighted by molar-refractivity contribution is -0.114. The summed E-state index contributed by atoms with van der Waals surface area (Å²) in [7, 11) is -2.71. The van der Waals surface area contributed by atoms with Crippen LogP contribution in [0.5, 0.6) is 5.75 Å². The summed E-state index contributed by atoms with van der Waals surface area (Å²) in [5.74, 6) is -0.320. The number of ether oxygens (including phenoxy) is 1. The summed E-state index contributed by atoms with van der Waals surface area (Å²) < 4.78 is 34.1. The van der Waals surface area contributed by atoms with Crippen molar-refractivity contribution in [3.8, 4) is 5.75 Å². The number of halogens is 1. The number of hydrogen-bond donors (Lipinski definition) is 1. The average Bonchev–Trinajstić information content (AvgIpc) is 3.18. The SMILES string of the molecule is COc1ccc(Cl)cc1N(CC(=O)Nc1nnc(SC(C)C)s1)S(=O)(=O)c1ccc(C)cc1. The molecule has 0 unspecified atom stereocenters. The van der Waals surface area contributed by atoms with E-state index in [9.17, 15) is 13.2 Å². The van der Waals surface area contributed by atoms with Gasteiger partial charge in [-0.1, -0.05) is 66.2 Å². The maximum atomic E-state index is 13.6. The molecule has 1 amide bonds. The second kappa shape index (κ2) is 10.7. The Hall–Kier alpha value is -2.34. The predicted molar refractivity (Wildman–Crippen MR) is 133 cm³/mol. The molecule has 8 nitrogen and oxygen atoms in total. The molecule has 0 aliphatic heterocycles. The number of carbonyl (C=O) groups is 1. The van der Waals surface area contributed by atoms with E-state index < -0.39 is 22.5 Å². The number of sulfonamides is 1. The van der Waals surface area contributed by atoms with E-state index in [4.69, 9.17) is 16.3 Å². The first-order valence-electron chi connectivity index (χ1n) is 9.83. The summed E-state index contributed by atoms with van der Waals surface area (Å²) in [5.41, 5.74) is 1.05. The third kappa shape index (κ3) is 6.38. The summed E-state index contributed by atoms with van der Waals surface area (Å²) in [6, 6.07) is 10.9. The van der Waals surface area contributed by atoms with Crippen LogP contribution in [0.4, 0.5) is 10.8 Å². The van der Waals surface area contributed by atoms with Gasteiger partial charge in [-0.3, -0.25) is 14.4 Å². The van der Waals surface area contributed by atoms with Gasteiger partial charge in [0.1, 0.15) is 12.3 Å². The second-order valence-corrected chi connectivity index (χ2v) is 12.3. The molecule has 0 aliphatic carbocycles. The van der Waals surface area contributed by atoms with Crippen LogP contribution in [-0.2, 0) is 14.8 Å². The fraction of sp³-hybridized carbons (Fsp3) is 0.286. The van der Waals surface area contributed by atoms with Gasteiger partial charge in [-0.25, -0.2) is 8.42 Å². The van der Waals surface area contributed by atoms with E-state index in [1.54, 1.807) is 24.3 Å². The molecule has 176 valence electrons. The lowest BCUT2D eigenvalue weighted by Crippen LogP contribution is -2.38. The average molecular weight is 527 g/mol. The van der Waals surface area contributed by atoms with Crippen molar-refractivity contribution in [2.45, 2.75) is 35.3 Å². The largest absolute Gasteiger partial charge is 0.495 e. The molecule has 3 rings (SSSR count). The lowest BCUT2D eigenvalue weighted by Gasteiger charge is -2.25. The van der Waals surface area contributed by atoms with E-state index in [1.165, 1.54) is 48.4 Å². The van der Waals surface area contributed by atoms with Crippen LogP contribution in [0.15, 0.2) is 51.7 Å². The molecule has 33 heavy (non-hydrogen) atoms. The highest BCUT2D eigenvalue weighted by atomic mass is 35.5. The Morgan fingerprint density at radius 1 is 1.21 bits per heavy atom. The standard InChI is InChI=1S/C21H23ClN4O4S3/c1-13(2)31-21-25-24-20(32-21)23-19(27)12-26(17-11-15(22)7-10-18(17)30-4)33(28,29)16-8-5-14(3)6-9-16/h5-11,13H,12H2,1-4H3,(H,23,24,27). The van der Waals surface area contributed by atoms with Crippen molar-refractivity contribution in [1.29, 1.82) is 0 Å². The van der Waals surface area contributed by atoms with E-state index in [0.29, 0.717) is 14.6 Å². The lowest BCUT2D eigenvalue weighted by atomic mass is 10.2. The number of thioether (sulfide) groups is 1. The Balaban J connectivity index is 1.95. The van der Waals surface area contributed by atoms with E-state index in [-0.39, 0.29) is 21.5 Å². The quantitative estimate of drug-likeness (QED) is 0.314. The number of aryl methyl sites for hydroxylation is 1. The number of amides is 1. The number of rotatable bonds is 9. The molecule has 0 aliphatic rings. The zero-order valence-electron chi connectivity index (χ0n) is 18.4. The van der Waals surface area contributed by atoms with Crippen molar-refractivity contribution < 1.29 is 17.9 Å². The van der Waals surface area contributed by atoms with Crippen LogP contribution in [0.1, 0.15) is 19.4 Å². The van der Waals surface area contributed by atoms with E-state index in [2.05, 4.69) is 15.5 Å². The molecule has 1 N–H and O–H groups in total. The molecule has 0 atom stereocenters. The minimum Gasteiger partial charge on any atom is -0.495 e. The Morgan fingerprint density at radius 3 is 2.55 bits per heavy atom. The van der Waals surface area contributed by atoms with Gasteiger partial charge in [0.15, 0.2) is 4.34 Å². The molecule has 1 aromatic heterocycles. The first kappa shape index (κ1) is 25.3. The van der Waals surface area contributed by atoms with Crippen molar-refractivity contribution in [3.63, 3.8) is 0 Å². The Kier molecular flexibility index (Phi) is 8.22. The molecule has 3 aromatic rings. The molecule has 0 spiro atoms. The maximum Gasteiger partial charge on any atom is 0.264 e. The summed E-state index contributed by atoms with van der Waals surface area (Å²) in [6.45, 7) is 5.39. The Bertz CT molecular complexity index is 1230. The third-order valence-electron chi connectivity index (χ3n) is 4.30. The highest BCUT2D eigenvalue weighted by molar-refractivity contribution is 8.01. The number of hydrogen-bond acceptors (Lipinski definition) is 8. The summed E-state index contributed by atoms with van der Waals surface area (Å²) >= 11 is 8.89. The minimum atomic E-state index is -4.12. The van der Waals surface area contributed by atoms with Crippen LogP contribution in [0.2, 0.25) is 5.02 Å². The van der Waals surface area contributed by atoms with Gasteiger partial charge in [-0.2, -0.15) is 0 Å². The van der Waals surface area contributed by atoms with Crippen molar-refractivity contribution in [3.05, 3.63) is 53.1 Å². The van der Waals surface area contributed by atoms with E-state index in [0.717, 1.165) is 9.87 Å². The van der Waals surface area contributed by atoms with Gasteiger partial charge in [0.2, 0.25) is 11.0 Å². The number of nitrogens with zero attached hydrogens (tertiary/aromatic N) is 3. The molecule has 0 saturated heterocycles. The van der Waals surface area contributed by atoms with Gasteiger partial charge in [-0.15, -0.1) is 10.2 Å². The van der Waals surface area contributed by atoms with Gasteiger partial charge >= 0.3 is 0 Å². The minimum absolute atomic E-state index is 0.0365. The number of benzene rings is 2.